The fourth-order valence-electron chi connectivity index (χ4n) is 3.40. The molecule has 2 aromatic rings. The van der Waals surface area contributed by atoms with Gasteiger partial charge in [0.15, 0.2) is 0 Å². The van der Waals surface area contributed by atoms with Gasteiger partial charge in [-0.05, 0) is 36.3 Å². The Balaban J connectivity index is 1.89. The van der Waals surface area contributed by atoms with Crippen LogP contribution < -0.4 is 4.90 Å². The van der Waals surface area contributed by atoms with Crippen molar-refractivity contribution < 1.29 is 0 Å². The van der Waals surface area contributed by atoms with Crippen LogP contribution in [0.15, 0.2) is 59.5 Å². The maximum atomic E-state index is 6.76. The normalized spacial score (nSPS) is 26.3. The first-order chi connectivity index (χ1) is 10.2. The first kappa shape index (κ1) is 13.8. The Morgan fingerprint density at radius 3 is 2.48 bits per heavy atom. The number of para-hydroxylation sites is 1. The highest BCUT2D eigenvalue weighted by Crippen LogP contribution is 2.69. The van der Waals surface area contributed by atoms with Crippen LogP contribution in [0.4, 0.5) is 5.69 Å². The number of thioether (sulfide) groups is 1. The first-order valence-corrected chi connectivity index (χ1v) is 8.87. The molecule has 0 aromatic heterocycles. The minimum Gasteiger partial charge on any atom is -0.322 e. The number of benzene rings is 2. The zero-order valence-corrected chi connectivity index (χ0v) is 13.8. The van der Waals surface area contributed by atoms with E-state index in [0.717, 1.165) is 24.3 Å². The Morgan fingerprint density at radius 2 is 1.67 bits per heavy atom. The monoisotopic (exact) mass is 335 g/mol. The number of hydrogen-bond acceptors (Lipinski definition) is 2. The summed E-state index contributed by atoms with van der Waals surface area (Å²) in [6.45, 7) is 0. The molecule has 108 valence electrons. The predicted octanol–water partition coefficient (Wildman–Crippen LogP) is 5.42. The lowest BCUT2D eigenvalue weighted by Crippen LogP contribution is -2.19. The molecular formula is C17H15Cl2NS. The van der Waals surface area contributed by atoms with E-state index in [-0.39, 0.29) is 5.54 Å². The topological polar surface area (TPSA) is 3.01 Å². The van der Waals surface area contributed by atoms with Crippen molar-refractivity contribution in [2.75, 3.05) is 10.7 Å². The van der Waals surface area contributed by atoms with Crippen molar-refractivity contribution in [1.82, 2.24) is 0 Å². The maximum Gasteiger partial charge on any atom is 0.219 e. The summed E-state index contributed by atoms with van der Waals surface area (Å²) in [6, 6.07) is 18.8. The van der Waals surface area contributed by atoms with Gasteiger partial charge in [-0.15, -0.1) is 11.8 Å². The number of nitrogens with zero attached hydrogens (tertiary/aromatic N) is 1. The number of rotatable bonds is 1. The summed E-state index contributed by atoms with van der Waals surface area (Å²) in [5, 5.41) is 0. The van der Waals surface area contributed by atoms with Crippen LogP contribution in [0.5, 0.6) is 0 Å². The van der Waals surface area contributed by atoms with Crippen LogP contribution in [0.3, 0.4) is 0 Å². The lowest BCUT2D eigenvalue weighted by atomic mass is 9.93. The number of alkyl halides is 2. The van der Waals surface area contributed by atoms with Crippen molar-refractivity contribution in [1.29, 1.82) is 0 Å². The largest absolute Gasteiger partial charge is 0.322 e. The van der Waals surface area contributed by atoms with E-state index in [1.807, 2.05) is 17.8 Å². The van der Waals surface area contributed by atoms with Crippen LogP contribution in [-0.2, 0) is 5.54 Å². The Morgan fingerprint density at radius 1 is 0.952 bits per heavy atom. The average Bonchev–Trinajstić information content (AvgIpc) is 2.98. The number of fused-ring (bicyclic) bond motifs is 3. The second-order valence-electron chi connectivity index (χ2n) is 5.52. The Bertz CT molecular complexity index is 674. The molecule has 1 atom stereocenters. The molecule has 2 aliphatic rings. The summed E-state index contributed by atoms with van der Waals surface area (Å²) in [6.07, 6.45) is 2.08. The summed E-state index contributed by atoms with van der Waals surface area (Å²) in [4.78, 5) is 3.45. The van der Waals surface area contributed by atoms with E-state index in [0.29, 0.717) is 0 Å². The standard InChI is InChI=1S/C17H15Cl2NS/c18-17(19)16(13-7-2-1-3-8-13)11-6-12-21-15-10-5-4-9-14(15)20(16)17/h1-5,7-10H,6,11-12H2. The van der Waals surface area contributed by atoms with Gasteiger partial charge in [0.1, 0.15) is 5.54 Å². The molecule has 1 fully saturated rings. The Kier molecular flexibility index (Phi) is 3.18. The number of hydrogen-bond donors (Lipinski definition) is 0. The van der Waals surface area contributed by atoms with E-state index in [4.69, 9.17) is 23.2 Å². The fraction of sp³-hybridized carbons (Fsp3) is 0.294. The molecule has 0 amide bonds. The third-order valence-corrected chi connectivity index (χ3v) is 6.52. The molecule has 1 unspecified atom stereocenters. The van der Waals surface area contributed by atoms with E-state index in [1.165, 1.54) is 10.5 Å². The second kappa shape index (κ2) is 4.84. The minimum atomic E-state index is -0.866. The molecule has 0 N–H and O–H groups in total. The molecule has 1 saturated heterocycles. The van der Waals surface area contributed by atoms with Crippen LogP contribution in [0.25, 0.3) is 0 Å². The Labute approximate surface area is 139 Å². The molecule has 2 aromatic carbocycles. The highest BCUT2D eigenvalue weighted by Gasteiger charge is 2.75. The molecule has 0 saturated carbocycles. The van der Waals surface area contributed by atoms with Crippen molar-refractivity contribution in [2.24, 2.45) is 0 Å². The highest BCUT2D eigenvalue weighted by atomic mass is 35.5. The summed E-state index contributed by atoms with van der Waals surface area (Å²) >= 11 is 15.4. The van der Waals surface area contributed by atoms with Gasteiger partial charge in [-0.3, -0.25) is 0 Å². The first-order valence-electron chi connectivity index (χ1n) is 7.13. The summed E-state index contributed by atoms with van der Waals surface area (Å²) in [7, 11) is 0. The van der Waals surface area contributed by atoms with Crippen molar-refractivity contribution in [3.8, 4) is 0 Å². The SMILES string of the molecule is ClC1(Cl)N2c3ccccc3SCCCC21c1ccccc1. The molecule has 0 aliphatic carbocycles. The van der Waals surface area contributed by atoms with Gasteiger partial charge < -0.3 is 4.90 Å². The molecule has 0 spiro atoms. The molecule has 4 rings (SSSR count). The minimum absolute atomic E-state index is 0.297. The van der Waals surface area contributed by atoms with Crippen LogP contribution in [-0.4, -0.2) is 10.2 Å². The molecule has 0 bridgehead atoms. The maximum absolute atomic E-state index is 6.76. The fourth-order valence-corrected chi connectivity index (χ4v) is 5.35. The zero-order valence-electron chi connectivity index (χ0n) is 11.4. The van der Waals surface area contributed by atoms with Crippen LogP contribution in [0.1, 0.15) is 18.4 Å². The zero-order chi connectivity index (χ0) is 14.5. The molecule has 21 heavy (non-hydrogen) atoms. The van der Waals surface area contributed by atoms with Crippen molar-refractivity contribution in [3.05, 3.63) is 60.2 Å². The van der Waals surface area contributed by atoms with Crippen LogP contribution in [0.2, 0.25) is 0 Å². The van der Waals surface area contributed by atoms with Gasteiger partial charge in [0.05, 0.1) is 5.69 Å². The smallest absolute Gasteiger partial charge is 0.219 e. The lowest BCUT2D eigenvalue weighted by Gasteiger charge is -2.22. The van der Waals surface area contributed by atoms with E-state index < -0.39 is 4.46 Å². The molecule has 2 aliphatic heterocycles. The summed E-state index contributed by atoms with van der Waals surface area (Å²) in [5.41, 5.74) is 2.06. The van der Waals surface area contributed by atoms with E-state index in [9.17, 15) is 0 Å². The van der Waals surface area contributed by atoms with Gasteiger partial charge in [-0.2, -0.15) is 0 Å². The van der Waals surface area contributed by atoms with Gasteiger partial charge in [0.25, 0.3) is 0 Å². The number of halogens is 2. The molecule has 4 heteroatoms. The van der Waals surface area contributed by atoms with Gasteiger partial charge in [-0.25, -0.2) is 0 Å². The van der Waals surface area contributed by atoms with Gasteiger partial charge >= 0.3 is 0 Å². The van der Waals surface area contributed by atoms with Crippen molar-refractivity contribution >= 4 is 40.7 Å². The quantitative estimate of drug-likeness (QED) is 0.389. The Hall–Kier alpha value is -0.830. The van der Waals surface area contributed by atoms with Gasteiger partial charge in [0.2, 0.25) is 4.46 Å². The second-order valence-corrected chi connectivity index (χ2v) is 7.95. The molecule has 0 radical (unpaired) electrons. The third-order valence-electron chi connectivity index (χ3n) is 4.41. The van der Waals surface area contributed by atoms with Crippen LogP contribution in [0, 0.1) is 0 Å². The summed E-state index contributed by atoms with van der Waals surface area (Å²) in [5.74, 6) is 1.10. The predicted molar refractivity (Wildman–Crippen MR) is 91.4 cm³/mol. The average molecular weight is 336 g/mol. The van der Waals surface area contributed by atoms with E-state index in [2.05, 4.69) is 53.4 Å². The van der Waals surface area contributed by atoms with E-state index >= 15 is 0 Å². The van der Waals surface area contributed by atoms with Gasteiger partial charge in [0, 0.05) is 4.90 Å². The van der Waals surface area contributed by atoms with Crippen molar-refractivity contribution in [2.45, 2.75) is 27.7 Å². The molecule has 1 nitrogen and oxygen atoms in total. The molecule has 2 heterocycles. The van der Waals surface area contributed by atoms with Crippen molar-refractivity contribution in [3.63, 3.8) is 0 Å². The molecular weight excluding hydrogens is 321 g/mol. The van der Waals surface area contributed by atoms with E-state index in [1.54, 1.807) is 0 Å². The van der Waals surface area contributed by atoms with Gasteiger partial charge in [-0.1, -0.05) is 65.7 Å². The highest BCUT2D eigenvalue weighted by molar-refractivity contribution is 7.99. The van der Waals surface area contributed by atoms with Crippen LogP contribution >= 0.6 is 35.0 Å². The third kappa shape index (κ3) is 1.86. The number of anilines is 1. The lowest BCUT2D eigenvalue weighted by molar-refractivity contribution is 0.599. The summed E-state index contributed by atoms with van der Waals surface area (Å²) < 4.78 is -0.866.